The minimum Gasteiger partial charge on any atom is -0.325 e. The van der Waals surface area contributed by atoms with E-state index in [0.29, 0.717) is 10.2 Å². The van der Waals surface area contributed by atoms with Crippen molar-refractivity contribution in [2.75, 3.05) is 11.1 Å². The number of carbonyl (C=O) groups is 1. The third kappa shape index (κ3) is 4.01. The lowest BCUT2D eigenvalue weighted by molar-refractivity contribution is -0.113. The molecule has 0 fully saturated rings. The van der Waals surface area contributed by atoms with Crippen molar-refractivity contribution in [3.8, 4) is 5.69 Å². The van der Waals surface area contributed by atoms with Gasteiger partial charge in [-0.3, -0.25) is 9.36 Å². The SMILES string of the molecule is Cc1ccc(-n2cnnc2SCC(=O)Nc2ccc3c(c2)CCC3)cc1Cl. The van der Waals surface area contributed by atoms with Gasteiger partial charge in [-0.2, -0.15) is 0 Å². The van der Waals surface area contributed by atoms with Crippen LogP contribution in [-0.4, -0.2) is 26.4 Å². The van der Waals surface area contributed by atoms with Crippen LogP contribution in [0.5, 0.6) is 0 Å². The average molecular weight is 399 g/mol. The first kappa shape index (κ1) is 18.1. The van der Waals surface area contributed by atoms with E-state index in [0.717, 1.165) is 29.8 Å². The summed E-state index contributed by atoms with van der Waals surface area (Å²) in [6, 6.07) is 12.0. The van der Waals surface area contributed by atoms with Gasteiger partial charge in [-0.1, -0.05) is 35.5 Å². The number of nitrogens with one attached hydrogen (secondary N) is 1. The van der Waals surface area contributed by atoms with Gasteiger partial charge in [0.25, 0.3) is 0 Å². The lowest BCUT2D eigenvalue weighted by atomic mass is 10.1. The number of benzene rings is 2. The summed E-state index contributed by atoms with van der Waals surface area (Å²) < 4.78 is 1.83. The highest BCUT2D eigenvalue weighted by atomic mass is 35.5. The Morgan fingerprint density at radius 2 is 2.07 bits per heavy atom. The average Bonchev–Trinajstić information content (AvgIpc) is 3.31. The van der Waals surface area contributed by atoms with Crippen LogP contribution in [0.1, 0.15) is 23.1 Å². The van der Waals surface area contributed by atoms with Crippen molar-refractivity contribution in [2.45, 2.75) is 31.3 Å². The van der Waals surface area contributed by atoms with Crippen molar-refractivity contribution in [3.63, 3.8) is 0 Å². The highest BCUT2D eigenvalue weighted by molar-refractivity contribution is 7.99. The number of hydrogen-bond acceptors (Lipinski definition) is 4. The predicted molar refractivity (Wildman–Crippen MR) is 109 cm³/mol. The molecule has 7 heteroatoms. The van der Waals surface area contributed by atoms with E-state index in [-0.39, 0.29) is 11.7 Å². The number of hydrogen-bond donors (Lipinski definition) is 1. The van der Waals surface area contributed by atoms with E-state index in [1.165, 1.54) is 29.3 Å². The Kier molecular flexibility index (Phi) is 5.18. The zero-order chi connectivity index (χ0) is 18.8. The Hall–Kier alpha value is -2.31. The van der Waals surface area contributed by atoms with Crippen LogP contribution in [0.4, 0.5) is 5.69 Å². The fourth-order valence-corrected chi connectivity index (χ4v) is 4.11. The Morgan fingerprint density at radius 3 is 2.93 bits per heavy atom. The van der Waals surface area contributed by atoms with Crippen molar-refractivity contribution in [1.29, 1.82) is 0 Å². The monoisotopic (exact) mass is 398 g/mol. The fraction of sp³-hybridized carbons (Fsp3) is 0.250. The van der Waals surface area contributed by atoms with E-state index in [9.17, 15) is 4.79 Å². The maximum atomic E-state index is 12.3. The number of nitrogens with zero attached hydrogens (tertiary/aromatic N) is 3. The first-order chi connectivity index (χ1) is 13.1. The summed E-state index contributed by atoms with van der Waals surface area (Å²) in [5.74, 6) is 0.199. The standard InChI is InChI=1S/C20H19ClN4OS/c1-13-5-8-17(10-18(13)21)25-12-22-24-20(25)27-11-19(26)23-16-7-6-14-3-2-4-15(14)9-16/h5-10,12H,2-4,11H2,1H3,(H,23,26). The molecule has 0 saturated carbocycles. The number of rotatable bonds is 5. The lowest BCUT2D eigenvalue weighted by Gasteiger charge is -2.09. The molecule has 3 aromatic rings. The molecule has 1 aliphatic rings. The molecule has 0 saturated heterocycles. The molecule has 138 valence electrons. The molecule has 0 bridgehead atoms. The first-order valence-corrected chi connectivity index (χ1v) is 10.2. The van der Waals surface area contributed by atoms with Gasteiger partial charge in [0.15, 0.2) is 5.16 Å². The fourth-order valence-electron chi connectivity index (χ4n) is 3.21. The Morgan fingerprint density at radius 1 is 1.22 bits per heavy atom. The van der Waals surface area contributed by atoms with Crippen LogP contribution in [0.3, 0.4) is 0 Å². The molecule has 27 heavy (non-hydrogen) atoms. The Bertz CT molecular complexity index is 1000. The Balaban J connectivity index is 1.41. The number of amides is 1. The van der Waals surface area contributed by atoms with Gasteiger partial charge in [-0.05, 0) is 67.1 Å². The van der Waals surface area contributed by atoms with Gasteiger partial charge in [-0.25, -0.2) is 0 Å². The second kappa shape index (κ2) is 7.74. The van der Waals surface area contributed by atoms with E-state index >= 15 is 0 Å². The molecule has 0 spiro atoms. The van der Waals surface area contributed by atoms with Gasteiger partial charge in [0.2, 0.25) is 5.91 Å². The molecule has 1 heterocycles. The topological polar surface area (TPSA) is 59.8 Å². The van der Waals surface area contributed by atoms with Crippen LogP contribution >= 0.6 is 23.4 Å². The van der Waals surface area contributed by atoms with Gasteiger partial charge in [0.1, 0.15) is 6.33 Å². The third-order valence-electron chi connectivity index (χ3n) is 4.66. The highest BCUT2D eigenvalue weighted by Gasteiger charge is 2.14. The van der Waals surface area contributed by atoms with Gasteiger partial charge in [0.05, 0.1) is 11.4 Å². The van der Waals surface area contributed by atoms with Gasteiger partial charge in [-0.15, -0.1) is 10.2 Å². The van der Waals surface area contributed by atoms with Crippen LogP contribution in [0, 0.1) is 6.92 Å². The number of halogens is 1. The van der Waals surface area contributed by atoms with Gasteiger partial charge >= 0.3 is 0 Å². The molecule has 0 radical (unpaired) electrons. The van der Waals surface area contributed by atoms with E-state index in [4.69, 9.17) is 11.6 Å². The molecule has 4 rings (SSSR count). The van der Waals surface area contributed by atoms with Gasteiger partial charge in [0, 0.05) is 10.7 Å². The minimum atomic E-state index is -0.0607. The van der Waals surface area contributed by atoms with Crippen LogP contribution < -0.4 is 5.32 Å². The zero-order valence-corrected chi connectivity index (χ0v) is 16.5. The minimum absolute atomic E-state index is 0.0607. The third-order valence-corrected chi connectivity index (χ3v) is 6.01. The van der Waals surface area contributed by atoms with E-state index < -0.39 is 0 Å². The van der Waals surface area contributed by atoms with E-state index in [1.54, 1.807) is 6.33 Å². The molecular weight excluding hydrogens is 380 g/mol. The predicted octanol–water partition coefficient (Wildman–Crippen LogP) is 4.45. The molecule has 1 N–H and O–H groups in total. The first-order valence-electron chi connectivity index (χ1n) is 8.81. The molecule has 2 aromatic carbocycles. The van der Waals surface area contributed by atoms with Crippen LogP contribution in [0.25, 0.3) is 5.69 Å². The molecule has 0 unspecified atom stereocenters. The molecular formula is C20H19ClN4OS. The van der Waals surface area contributed by atoms with Crippen LogP contribution in [0.15, 0.2) is 47.9 Å². The number of aryl methyl sites for hydroxylation is 3. The lowest BCUT2D eigenvalue weighted by Crippen LogP contribution is -2.14. The second-order valence-corrected chi connectivity index (χ2v) is 7.94. The van der Waals surface area contributed by atoms with E-state index in [1.807, 2.05) is 35.8 Å². The van der Waals surface area contributed by atoms with Crippen LogP contribution in [-0.2, 0) is 17.6 Å². The molecule has 1 amide bonds. The maximum Gasteiger partial charge on any atom is 0.234 e. The summed E-state index contributed by atoms with van der Waals surface area (Å²) in [4.78, 5) is 12.3. The molecule has 5 nitrogen and oxygen atoms in total. The number of anilines is 1. The molecule has 0 aliphatic heterocycles. The zero-order valence-electron chi connectivity index (χ0n) is 14.9. The summed E-state index contributed by atoms with van der Waals surface area (Å²) in [7, 11) is 0. The summed E-state index contributed by atoms with van der Waals surface area (Å²) in [6.45, 7) is 1.96. The summed E-state index contributed by atoms with van der Waals surface area (Å²) >= 11 is 7.56. The summed E-state index contributed by atoms with van der Waals surface area (Å²) in [5, 5.41) is 12.4. The van der Waals surface area contributed by atoms with Crippen molar-refractivity contribution in [1.82, 2.24) is 14.8 Å². The Labute approximate surface area is 167 Å². The molecule has 1 aromatic heterocycles. The maximum absolute atomic E-state index is 12.3. The van der Waals surface area contributed by atoms with Crippen molar-refractivity contribution in [3.05, 3.63) is 64.4 Å². The van der Waals surface area contributed by atoms with Gasteiger partial charge < -0.3 is 5.32 Å². The molecule has 1 aliphatic carbocycles. The van der Waals surface area contributed by atoms with Crippen molar-refractivity contribution >= 4 is 35.0 Å². The number of thioether (sulfide) groups is 1. The number of aromatic nitrogens is 3. The van der Waals surface area contributed by atoms with E-state index in [2.05, 4.69) is 27.6 Å². The summed E-state index contributed by atoms with van der Waals surface area (Å²) in [6.07, 6.45) is 5.05. The normalized spacial score (nSPS) is 12.8. The van der Waals surface area contributed by atoms with Crippen molar-refractivity contribution in [2.24, 2.45) is 0 Å². The summed E-state index contributed by atoms with van der Waals surface area (Å²) in [5.41, 5.74) is 5.48. The number of fused-ring (bicyclic) bond motifs is 1. The van der Waals surface area contributed by atoms with Crippen LogP contribution in [0.2, 0.25) is 5.02 Å². The smallest absolute Gasteiger partial charge is 0.234 e. The largest absolute Gasteiger partial charge is 0.325 e. The second-order valence-electron chi connectivity index (χ2n) is 6.59. The highest BCUT2D eigenvalue weighted by Crippen LogP contribution is 2.26. The number of carbonyl (C=O) groups excluding carboxylic acids is 1. The van der Waals surface area contributed by atoms with Crippen molar-refractivity contribution < 1.29 is 4.79 Å². The molecule has 0 atom stereocenters. The quantitative estimate of drug-likeness (QED) is 0.645.